The van der Waals surface area contributed by atoms with E-state index in [1.54, 1.807) is 11.8 Å². The van der Waals surface area contributed by atoms with Crippen molar-refractivity contribution < 1.29 is 0 Å². The SMILES string of the molecule is CSc1ccc(Cc2ccc(Cl)cc2)[nH]1. The van der Waals surface area contributed by atoms with Crippen molar-refractivity contribution in [1.82, 2.24) is 4.98 Å². The molecule has 1 N–H and O–H groups in total. The maximum absolute atomic E-state index is 5.83. The van der Waals surface area contributed by atoms with Gasteiger partial charge in [0.2, 0.25) is 0 Å². The lowest BCUT2D eigenvalue weighted by Crippen LogP contribution is -1.87. The molecule has 1 heterocycles. The molecule has 78 valence electrons. The Labute approximate surface area is 98.9 Å². The maximum Gasteiger partial charge on any atom is 0.0721 e. The Hall–Kier alpha value is -0.860. The Balaban J connectivity index is 2.11. The van der Waals surface area contributed by atoms with Crippen molar-refractivity contribution in [3.05, 3.63) is 52.7 Å². The van der Waals surface area contributed by atoms with E-state index < -0.39 is 0 Å². The molecular formula is C12H12ClNS. The first-order valence-corrected chi connectivity index (χ1v) is 6.34. The zero-order chi connectivity index (χ0) is 10.7. The first-order chi connectivity index (χ1) is 7.28. The summed E-state index contributed by atoms with van der Waals surface area (Å²) in [5.74, 6) is 0. The minimum Gasteiger partial charge on any atom is -0.353 e. The van der Waals surface area contributed by atoms with Crippen molar-refractivity contribution in [3.8, 4) is 0 Å². The van der Waals surface area contributed by atoms with Crippen molar-refractivity contribution in [2.24, 2.45) is 0 Å². The van der Waals surface area contributed by atoms with E-state index in [1.807, 2.05) is 12.1 Å². The van der Waals surface area contributed by atoms with Crippen LogP contribution < -0.4 is 0 Å². The average Bonchev–Trinajstić information content (AvgIpc) is 2.69. The van der Waals surface area contributed by atoms with Gasteiger partial charge < -0.3 is 4.98 Å². The van der Waals surface area contributed by atoms with E-state index in [0.29, 0.717) is 0 Å². The Morgan fingerprint density at radius 3 is 2.47 bits per heavy atom. The fourth-order valence-electron chi connectivity index (χ4n) is 1.46. The van der Waals surface area contributed by atoms with Gasteiger partial charge in [0.15, 0.2) is 0 Å². The zero-order valence-corrected chi connectivity index (χ0v) is 10.0. The third kappa shape index (κ3) is 2.80. The van der Waals surface area contributed by atoms with Crippen LogP contribution in [0, 0.1) is 0 Å². The van der Waals surface area contributed by atoms with Gasteiger partial charge in [0.25, 0.3) is 0 Å². The molecule has 0 fully saturated rings. The smallest absolute Gasteiger partial charge is 0.0721 e. The molecule has 0 atom stereocenters. The van der Waals surface area contributed by atoms with Crippen molar-refractivity contribution in [1.29, 1.82) is 0 Å². The second kappa shape index (κ2) is 4.77. The molecule has 0 unspecified atom stereocenters. The van der Waals surface area contributed by atoms with Crippen LogP contribution in [0.4, 0.5) is 0 Å². The third-order valence-electron chi connectivity index (χ3n) is 2.25. The molecule has 1 aromatic heterocycles. The molecule has 0 saturated carbocycles. The molecule has 1 nitrogen and oxygen atoms in total. The number of benzene rings is 1. The lowest BCUT2D eigenvalue weighted by atomic mass is 10.1. The highest BCUT2D eigenvalue weighted by Gasteiger charge is 1.99. The topological polar surface area (TPSA) is 15.8 Å². The van der Waals surface area contributed by atoms with Crippen LogP contribution >= 0.6 is 23.4 Å². The molecule has 3 heteroatoms. The van der Waals surface area contributed by atoms with Crippen LogP contribution in [0.15, 0.2) is 41.4 Å². The van der Waals surface area contributed by atoms with Gasteiger partial charge in [0, 0.05) is 17.1 Å². The van der Waals surface area contributed by atoms with E-state index in [0.717, 1.165) is 11.4 Å². The first kappa shape index (κ1) is 10.7. The molecular weight excluding hydrogens is 226 g/mol. The predicted molar refractivity (Wildman–Crippen MR) is 66.8 cm³/mol. The second-order valence-corrected chi connectivity index (χ2v) is 4.64. The van der Waals surface area contributed by atoms with Gasteiger partial charge >= 0.3 is 0 Å². The molecule has 0 aliphatic rings. The average molecular weight is 238 g/mol. The first-order valence-electron chi connectivity index (χ1n) is 4.74. The highest BCUT2D eigenvalue weighted by Crippen LogP contribution is 2.17. The number of H-pyrrole nitrogens is 1. The van der Waals surface area contributed by atoms with Crippen LogP contribution in [-0.4, -0.2) is 11.2 Å². The minimum absolute atomic E-state index is 0.787. The van der Waals surface area contributed by atoms with Crippen molar-refractivity contribution in [2.45, 2.75) is 11.4 Å². The quantitative estimate of drug-likeness (QED) is 0.799. The molecule has 2 aromatic rings. The summed E-state index contributed by atoms with van der Waals surface area (Å²) in [7, 11) is 0. The summed E-state index contributed by atoms with van der Waals surface area (Å²) in [5, 5.41) is 1.99. The normalized spacial score (nSPS) is 10.5. The van der Waals surface area contributed by atoms with Crippen LogP contribution in [-0.2, 0) is 6.42 Å². The fraction of sp³-hybridized carbons (Fsp3) is 0.167. The Morgan fingerprint density at radius 2 is 1.87 bits per heavy atom. The highest BCUT2D eigenvalue weighted by molar-refractivity contribution is 7.98. The third-order valence-corrected chi connectivity index (χ3v) is 3.18. The molecule has 1 aromatic carbocycles. The van der Waals surface area contributed by atoms with Crippen LogP contribution in [0.5, 0.6) is 0 Å². The van der Waals surface area contributed by atoms with Gasteiger partial charge in [-0.05, 0) is 36.1 Å². The molecule has 2 rings (SSSR count). The largest absolute Gasteiger partial charge is 0.353 e. The van der Waals surface area contributed by atoms with E-state index in [9.17, 15) is 0 Å². The monoisotopic (exact) mass is 237 g/mol. The van der Waals surface area contributed by atoms with Crippen molar-refractivity contribution in [2.75, 3.05) is 6.26 Å². The molecule has 0 spiro atoms. The number of rotatable bonds is 3. The zero-order valence-electron chi connectivity index (χ0n) is 8.46. The van der Waals surface area contributed by atoms with Gasteiger partial charge in [-0.1, -0.05) is 23.7 Å². The summed E-state index contributed by atoms with van der Waals surface area (Å²) in [6.45, 7) is 0. The van der Waals surface area contributed by atoms with Gasteiger partial charge in [0.1, 0.15) is 0 Å². The summed E-state index contributed by atoms with van der Waals surface area (Å²) in [4.78, 5) is 3.36. The van der Waals surface area contributed by atoms with Gasteiger partial charge in [-0.25, -0.2) is 0 Å². The number of nitrogens with one attached hydrogen (secondary N) is 1. The van der Waals surface area contributed by atoms with E-state index in [1.165, 1.54) is 16.3 Å². The van der Waals surface area contributed by atoms with Crippen LogP contribution in [0.3, 0.4) is 0 Å². The number of halogens is 1. The lowest BCUT2D eigenvalue weighted by Gasteiger charge is -1.99. The van der Waals surface area contributed by atoms with E-state index in [4.69, 9.17) is 11.6 Å². The molecule has 0 amide bonds. The van der Waals surface area contributed by atoms with Crippen molar-refractivity contribution in [3.63, 3.8) is 0 Å². The molecule has 0 bridgehead atoms. The molecule has 0 radical (unpaired) electrons. The lowest BCUT2D eigenvalue weighted by molar-refractivity contribution is 1.05. The van der Waals surface area contributed by atoms with Crippen LogP contribution in [0.2, 0.25) is 5.02 Å². The number of hydrogen-bond donors (Lipinski definition) is 1. The molecule has 0 saturated heterocycles. The maximum atomic E-state index is 5.83. The standard InChI is InChI=1S/C12H12ClNS/c1-15-12-7-6-11(14-12)8-9-2-4-10(13)5-3-9/h2-7,14H,8H2,1H3. The summed E-state index contributed by atoms with van der Waals surface area (Å²) in [5.41, 5.74) is 2.51. The second-order valence-electron chi connectivity index (χ2n) is 3.36. The number of hydrogen-bond acceptors (Lipinski definition) is 1. The summed E-state index contributed by atoms with van der Waals surface area (Å²) < 4.78 is 0. The van der Waals surface area contributed by atoms with Crippen LogP contribution in [0.25, 0.3) is 0 Å². The predicted octanol–water partition coefficient (Wildman–Crippen LogP) is 3.98. The molecule has 0 aliphatic carbocycles. The summed E-state index contributed by atoms with van der Waals surface area (Å²) >= 11 is 7.56. The number of aromatic nitrogens is 1. The van der Waals surface area contributed by atoms with E-state index in [-0.39, 0.29) is 0 Å². The Morgan fingerprint density at radius 1 is 1.13 bits per heavy atom. The number of aromatic amines is 1. The van der Waals surface area contributed by atoms with Gasteiger partial charge in [-0.15, -0.1) is 11.8 Å². The summed E-state index contributed by atoms with van der Waals surface area (Å²) in [6, 6.07) is 12.2. The molecule has 15 heavy (non-hydrogen) atoms. The summed E-state index contributed by atoms with van der Waals surface area (Å²) in [6.07, 6.45) is 3.00. The van der Waals surface area contributed by atoms with Gasteiger partial charge in [0.05, 0.1) is 5.03 Å². The minimum atomic E-state index is 0.787. The Bertz CT molecular complexity index is 433. The Kier molecular flexibility index (Phi) is 3.39. The number of thioether (sulfide) groups is 1. The van der Waals surface area contributed by atoms with Gasteiger partial charge in [-0.2, -0.15) is 0 Å². The molecule has 0 aliphatic heterocycles. The van der Waals surface area contributed by atoms with Crippen LogP contribution in [0.1, 0.15) is 11.3 Å². The van der Waals surface area contributed by atoms with Crippen molar-refractivity contribution >= 4 is 23.4 Å². The fourth-order valence-corrected chi connectivity index (χ4v) is 2.03. The van der Waals surface area contributed by atoms with E-state index in [2.05, 4.69) is 35.5 Å². The van der Waals surface area contributed by atoms with E-state index >= 15 is 0 Å². The highest BCUT2D eigenvalue weighted by atomic mass is 35.5. The van der Waals surface area contributed by atoms with Gasteiger partial charge in [-0.3, -0.25) is 0 Å².